The van der Waals surface area contributed by atoms with Crippen LogP contribution in [0, 0.1) is 0 Å². The average Bonchev–Trinajstić information content (AvgIpc) is 2.91. The summed E-state index contributed by atoms with van der Waals surface area (Å²) < 4.78 is 2.02. The van der Waals surface area contributed by atoms with E-state index in [1.54, 1.807) is 0 Å². The molecule has 2 aromatic rings. The van der Waals surface area contributed by atoms with Crippen molar-refractivity contribution in [1.82, 2.24) is 9.47 Å². The largest absolute Gasteiger partial charge is 0.396 e. The van der Waals surface area contributed by atoms with Gasteiger partial charge < -0.3 is 14.6 Å². The van der Waals surface area contributed by atoms with Crippen molar-refractivity contribution in [3.8, 4) is 0 Å². The minimum Gasteiger partial charge on any atom is -0.396 e. The number of aliphatic hydroxyl groups is 1. The van der Waals surface area contributed by atoms with Gasteiger partial charge in [-0.25, -0.2) is 0 Å². The second-order valence-electron chi connectivity index (χ2n) is 5.75. The van der Waals surface area contributed by atoms with Crippen molar-refractivity contribution in [1.29, 1.82) is 0 Å². The van der Waals surface area contributed by atoms with Crippen LogP contribution in [0.2, 0.25) is 0 Å². The number of carbonyl (C=O) groups excluding carboxylic acids is 1. The van der Waals surface area contributed by atoms with E-state index in [0.717, 1.165) is 36.7 Å². The van der Waals surface area contributed by atoms with Crippen molar-refractivity contribution >= 4 is 16.8 Å². The lowest BCUT2D eigenvalue weighted by Crippen LogP contribution is -2.45. The third kappa shape index (κ3) is 2.95. The lowest BCUT2D eigenvalue weighted by Gasteiger charge is -2.35. The van der Waals surface area contributed by atoms with Crippen LogP contribution in [-0.4, -0.2) is 39.7 Å². The highest BCUT2D eigenvalue weighted by Crippen LogP contribution is 2.21. The Morgan fingerprint density at radius 3 is 2.95 bits per heavy atom. The van der Waals surface area contributed by atoms with Gasteiger partial charge in [-0.2, -0.15) is 0 Å². The lowest BCUT2D eigenvalue weighted by atomic mass is 9.99. The first-order valence-electron chi connectivity index (χ1n) is 7.74. The van der Waals surface area contributed by atoms with Gasteiger partial charge in [-0.1, -0.05) is 18.2 Å². The van der Waals surface area contributed by atoms with Crippen molar-refractivity contribution < 1.29 is 9.90 Å². The smallest absolute Gasteiger partial charge is 0.242 e. The summed E-state index contributed by atoms with van der Waals surface area (Å²) in [5.74, 6) is 0.162. The lowest BCUT2D eigenvalue weighted by molar-refractivity contribution is -0.135. The van der Waals surface area contributed by atoms with Crippen LogP contribution in [0.15, 0.2) is 36.5 Å². The second-order valence-corrected chi connectivity index (χ2v) is 5.75. The number of benzene rings is 1. The van der Waals surface area contributed by atoms with Crippen LogP contribution in [0.1, 0.15) is 25.7 Å². The quantitative estimate of drug-likeness (QED) is 0.938. The fourth-order valence-corrected chi connectivity index (χ4v) is 3.29. The molecular weight excluding hydrogens is 264 g/mol. The molecule has 1 fully saturated rings. The highest BCUT2D eigenvalue weighted by Gasteiger charge is 2.26. The van der Waals surface area contributed by atoms with Crippen molar-refractivity contribution in [3.05, 3.63) is 36.5 Å². The molecule has 1 aliphatic rings. The molecule has 0 radical (unpaired) electrons. The molecule has 1 aromatic carbocycles. The molecule has 1 amide bonds. The number of carbonyl (C=O) groups is 1. The van der Waals surface area contributed by atoms with Gasteiger partial charge >= 0.3 is 0 Å². The molecule has 1 saturated heterocycles. The predicted octanol–water partition coefficient (Wildman–Crippen LogP) is 2.40. The van der Waals surface area contributed by atoms with Gasteiger partial charge in [0, 0.05) is 30.9 Å². The topological polar surface area (TPSA) is 45.5 Å². The van der Waals surface area contributed by atoms with E-state index in [1.165, 1.54) is 0 Å². The summed E-state index contributed by atoms with van der Waals surface area (Å²) in [5.41, 5.74) is 1.10. The van der Waals surface area contributed by atoms with Gasteiger partial charge in [-0.05, 0) is 43.2 Å². The van der Waals surface area contributed by atoms with Gasteiger partial charge in [0.2, 0.25) is 5.91 Å². The molecule has 0 saturated carbocycles. The SMILES string of the molecule is O=C(Cn1ccc2ccccc21)N1CCCCC1CCO. The molecule has 3 rings (SSSR count). The number of likely N-dealkylation sites (tertiary alicyclic amines) is 1. The number of amides is 1. The molecule has 21 heavy (non-hydrogen) atoms. The van der Waals surface area contributed by atoms with Gasteiger partial charge in [0.05, 0.1) is 0 Å². The Morgan fingerprint density at radius 1 is 1.24 bits per heavy atom. The van der Waals surface area contributed by atoms with E-state index < -0.39 is 0 Å². The highest BCUT2D eigenvalue weighted by molar-refractivity contribution is 5.83. The number of aliphatic hydroxyl groups excluding tert-OH is 1. The molecule has 1 aliphatic heterocycles. The Hall–Kier alpha value is -1.81. The maximum atomic E-state index is 12.6. The van der Waals surface area contributed by atoms with Crippen LogP contribution in [0.5, 0.6) is 0 Å². The van der Waals surface area contributed by atoms with E-state index in [2.05, 4.69) is 6.07 Å². The summed E-state index contributed by atoms with van der Waals surface area (Å²) >= 11 is 0. The minimum atomic E-state index is 0.154. The highest BCUT2D eigenvalue weighted by atomic mass is 16.3. The Kier molecular flexibility index (Phi) is 4.25. The molecule has 4 heteroatoms. The molecule has 1 N–H and O–H groups in total. The summed E-state index contributed by atoms with van der Waals surface area (Å²) in [4.78, 5) is 14.6. The van der Waals surface area contributed by atoms with Gasteiger partial charge in [0.1, 0.15) is 6.54 Å². The third-order valence-electron chi connectivity index (χ3n) is 4.40. The molecule has 0 aliphatic carbocycles. The molecule has 2 heterocycles. The van der Waals surface area contributed by atoms with Gasteiger partial charge in [-0.3, -0.25) is 4.79 Å². The van der Waals surface area contributed by atoms with E-state index in [4.69, 9.17) is 0 Å². The fraction of sp³-hybridized carbons (Fsp3) is 0.471. The molecule has 1 unspecified atom stereocenters. The summed E-state index contributed by atoms with van der Waals surface area (Å²) in [6, 6.07) is 10.4. The minimum absolute atomic E-state index is 0.154. The third-order valence-corrected chi connectivity index (χ3v) is 4.40. The first-order chi connectivity index (χ1) is 10.3. The van der Waals surface area contributed by atoms with Gasteiger partial charge in [0.15, 0.2) is 0 Å². The van der Waals surface area contributed by atoms with E-state index >= 15 is 0 Å². The normalized spacial score (nSPS) is 19.1. The zero-order valence-electron chi connectivity index (χ0n) is 12.2. The molecule has 0 bridgehead atoms. The molecule has 4 nitrogen and oxygen atoms in total. The summed E-state index contributed by atoms with van der Waals surface area (Å²) in [7, 11) is 0. The van der Waals surface area contributed by atoms with Crippen molar-refractivity contribution in [3.63, 3.8) is 0 Å². The van der Waals surface area contributed by atoms with Crippen LogP contribution in [0.25, 0.3) is 10.9 Å². The molecule has 1 aromatic heterocycles. The van der Waals surface area contributed by atoms with E-state index in [9.17, 15) is 9.90 Å². The zero-order valence-corrected chi connectivity index (χ0v) is 12.2. The Labute approximate surface area is 125 Å². The average molecular weight is 286 g/mol. The van der Waals surface area contributed by atoms with Crippen LogP contribution in [0.4, 0.5) is 0 Å². The Balaban J connectivity index is 1.75. The number of nitrogens with zero attached hydrogens (tertiary/aromatic N) is 2. The zero-order chi connectivity index (χ0) is 14.7. The van der Waals surface area contributed by atoms with Crippen LogP contribution in [0.3, 0.4) is 0 Å². The summed E-state index contributed by atoms with van der Waals surface area (Å²) in [6.07, 6.45) is 5.91. The van der Waals surface area contributed by atoms with E-state index in [-0.39, 0.29) is 18.6 Å². The Morgan fingerprint density at radius 2 is 2.10 bits per heavy atom. The first-order valence-corrected chi connectivity index (χ1v) is 7.74. The van der Waals surface area contributed by atoms with Crippen molar-refractivity contribution in [2.45, 2.75) is 38.3 Å². The molecule has 1 atom stereocenters. The molecule has 0 spiro atoms. The van der Waals surface area contributed by atoms with Crippen LogP contribution in [-0.2, 0) is 11.3 Å². The number of para-hydroxylation sites is 1. The van der Waals surface area contributed by atoms with Crippen molar-refractivity contribution in [2.75, 3.05) is 13.2 Å². The predicted molar refractivity (Wildman–Crippen MR) is 83.0 cm³/mol. The number of hydrogen-bond acceptors (Lipinski definition) is 2. The number of hydrogen-bond donors (Lipinski definition) is 1. The summed E-state index contributed by atoms with van der Waals surface area (Å²) in [6.45, 7) is 1.36. The molecule has 112 valence electrons. The second kappa shape index (κ2) is 6.31. The maximum Gasteiger partial charge on any atom is 0.242 e. The van der Waals surface area contributed by atoms with Crippen molar-refractivity contribution in [2.24, 2.45) is 0 Å². The molecular formula is C17H22N2O2. The van der Waals surface area contributed by atoms with Gasteiger partial charge in [0.25, 0.3) is 0 Å². The summed E-state index contributed by atoms with van der Waals surface area (Å²) in [5, 5.41) is 10.3. The van der Waals surface area contributed by atoms with E-state index in [0.29, 0.717) is 13.0 Å². The monoisotopic (exact) mass is 286 g/mol. The van der Waals surface area contributed by atoms with Crippen LogP contribution >= 0.6 is 0 Å². The number of fused-ring (bicyclic) bond motifs is 1. The number of aromatic nitrogens is 1. The maximum absolute atomic E-state index is 12.6. The first kappa shape index (κ1) is 14.1. The number of rotatable bonds is 4. The standard InChI is InChI=1S/C17H22N2O2/c20-12-9-15-6-3-4-10-19(15)17(21)13-18-11-8-14-5-1-2-7-16(14)18/h1-2,5,7-8,11,15,20H,3-4,6,9-10,12-13H2. The van der Waals surface area contributed by atoms with Gasteiger partial charge in [-0.15, -0.1) is 0 Å². The Bertz CT molecular complexity index is 618. The van der Waals surface area contributed by atoms with Crippen LogP contribution < -0.4 is 0 Å². The fourth-order valence-electron chi connectivity index (χ4n) is 3.29. The van der Waals surface area contributed by atoms with E-state index in [1.807, 2.05) is 39.9 Å². The number of piperidine rings is 1.